The largest absolute Gasteiger partial charge is 0.494 e. The van der Waals surface area contributed by atoms with E-state index in [1.807, 2.05) is 19.1 Å². The van der Waals surface area contributed by atoms with E-state index < -0.39 is 0 Å². The highest BCUT2D eigenvalue weighted by Crippen LogP contribution is 2.12. The van der Waals surface area contributed by atoms with Crippen LogP contribution >= 0.6 is 0 Å². The summed E-state index contributed by atoms with van der Waals surface area (Å²) in [5, 5.41) is 3.56. The first kappa shape index (κ1) is 17.0. The standard InChI is InChI=1S/C17H30N2O/c1-6-20-17-9-7-15(8-10-17)12-18-13-16(19(4)5)11-14(2)3/h7-10,14,16,18H,6,11-13H2,1-5H3. The van der Waals surface area contributed by atoms with Crippen LogP contribution in [0.1, 0.15) is 32.8 Å². The lowest BCUT2D eigenvalue weighted by Gasteiger charge is -2.26. The summed E-state index contributed by atoms with van der Waals surface area (Å²) < 4.78 is 5.45. The first-order valence-electron chi connectivity index (χ1n) is 7.61. The molecule has 1 N–H and O–H groups in total. The Kier molecular flexibility index (Phi) is 7.63. The highest BCUT2D eigenvalue weighted by Gasteiger charge is 2.12. The number of hydrogen-bond acceptors (Lipinski definition) is 3. The third-order valence-electron chi connectivity index (χ3n) is 3.42. The number of likely N-dealkylation sites (N-methyl/N-ethyl adjacent to an activating group) is 1. The van der Waals surface area contributed by atoms with E-state index in [0.717, 1.165) is 31.4 Å². The normalized spacial score (nSPS) is 12.9. The lowest BCUT2D eigenvalue weighted by Crippen LogP contribution is -2.38. The van der Waals surface area contributed by atoms with Gasteiger partial charge >= 0.3 is 0 Å². The van der Waals surface area contributed by atoms with E-state index in [9.17, 15) is 0 Å². The first-order chi connectivity index (χ1) is 9.52. The molecule has 0 aliphatic rings. The second-order valence-electron chi connectivity index (χ2n) is 5.95. The summed E-state index contributed by atoms with van der Waals surface area (Å²) in [6.45, 7) is 9.22. The molecule has 0 saturated carbocycles. The zero-order valence-corrected chi connectivity index (χ0v) is 13.6. The molecule has 0 fully saturated rings. The molecule has 0 heterocycles. The quantitative estimate of drug-likeness (QED) is 0.751. The molecule has 1 unspecified atom stereocenters. The van der Waals surface area contributed by atoms with Gasteiger partial charge in [-0.05, 0) is 51.1 Å². The van der Waals surface area contributed by atoms with Crippen molar-refractivity contribution in [1.29, 1.82) is 0 Å². The molecule has 0 aromatic heterocycles. The molecule has 0 aliphatic heterocycles. The summed E-state index contributed by atoms with van der Waals surface area (Å²) in [6, 6.07) is 8.93. The fraction of sp³-hybridized carbons (Fsp3) is 0.647. The van der Waals surface area contributed by atoms with Gasteiger partial charge in [0.25, 0.3) is 0 Å². The Balaban J connectivity index is 2.38. The molecule has 0 aliphatic carbocycles. The second-order valence-corrected chi connectivity index (χ2v) is 5.95. The second kappa shape index (κ2) is 8.98. The minimum absolute atomic E-state index is 0.595. The van der Waals surface area contributed by atoms with Gasteiger partial charge in [0.1, 0.15) is 5.75 Å². The van der Waals surface area contributed by atoms with Crippen molar-refractivity contribution in [3.05, 3.63) is 29.8 Å². The average molecular weight is 278 g/mol. The van der Waals surface area contributed by atoms with Crippen molar-refractivity contribution < 1.29 is 4.74 Å². The topological polar surface area (TPSA) is 24.5 Å². The van der Waals surface area contributed by atoms with E-state index >= 15 is 0 Å². The molecule has 114 valence electrons. The molecule has 1 aromatic carbocycles. The molecule has 3 heteroatoms. The minimum Gasteiger partial charge on any atom is -0.494 e. The van der Waals surface area contributed by atoms with Crippen LogP contribution < -0.4 is 10.1 Å². The van der Waals surface area contributed by atoms with Crippen molar-refractivity contribution >= 4 is 0 Å². The summed E-state index contributed by atoms with van der Waals surface area (Å²) in [5.74, 6) is 1.68. The molecule has 0 amide bonds. The molecule has 20 heavy (non-hydrogen) atoms. The third kappa shape index (κ3) is 6.40. The average Bonchev–Trinajstić information content (AvgIpc) is 2.39. The number of rotatable bonds is 9. The van der Waals surface area contributed by atoms with Crippen LogP contribution in [0.5, 0.6) is 5.75 Å². The lowest BCUT2D eigenvalue weighted by molar-refractivity contribution is 0.246. The molecule has 3 nitrogen and oxygen atoms in total. The van der Waals surface area contributed by atoms with Gasteiger partial charge in [-0.15, -0.1) is 0 Å². The summed E-state index contributed by atoms with van der Waals surface area (Å²) in [7, 11) is 4.32. The maximum Gasteiger partial charge on any atom is 0.119 e. The Bertz CT molecular complexity index is 360. The van der Waals surface area contributed by atoms with Crippen LogP contribution in [0.25, 0.3) is 0 Å². The number of ether oxygens (including phenoxy) is 1. The van der Waals surface area contributed by atoms with Crippen LogP contribution in [0.2, 0.25) is 0 Å². The molecule has 1 atom stereocenters. The van der Waals surface area contributed by atoms with Crippen molar-refractivity contribution in [3.63, 3.8) is 0 Å². The van der Waals surface area contributed by atoms with Gasteiger partial charge in [-0.2, -0.15) is 0 Å². The minimum atomic E-state index is 0.595. The van der Waals surface area contributed by atoms with E-state index in [2.05, 4.69) is 50.3 Å². The van der Waals surface area contributed by atoms with E-state index in [4.69, 9.17) is 4.74 Å². The Morgan fingerprint density at radius 3 is 2.30 bits per heavy atom. The van der Waals surface area contributed by atoms with Crippen LogP contribution in [0.4, 0.5) is 0 Å². The van der Waals surface area contributed by atoms with Crippen molar-refractivity contribution in [2.75, 3.05) is 27.2 Å². The van der Waals surface area contributed by atoms with Gasteiger partial charge in [0, 0.05) is 19.1 Å². The van der Waals surface area contributed by atoms with E-state index in [1.54, 1.807) is 0 Å². The first-order valence-corrected chi connectivity index (χ1v) is 7.61. The summed E-state index contributed by atoms with van der Waals surface area (Å²) in [5.41, 5.74) is 1.30. The van der Waals surface area contributed by atoms with Crippen molar-refractivity contribution in [2.45, 2.75) is 39.8 Å². The molecule has 0 bridgehead atoms. The third-order valence-corrected chi connectivity index (χ3v) is 3.42. The van der Waals surface area contributed by atoms with Gasteiger partial charge in [-0.3, -0.25) is 0 Å². The highest BCUT2D eigenvalue weighted by atomic mass is 16.5. The van der Waals surface area contributed by atoms with Gasteiger partial charge in [0.15, 0.2) is 0 Å². The predicted molar refractivity (Wildman–Crippen MR) is 86.2 cm³/mol. The SMILES string of the molecule is CCOc1ccc(CNCC(CC(C)C)N(C)C)cc1. The molecule has 0 spiro atoms. The molecule has 0 saturated heterocycles. The van der Waals surface area contributed by atoms with Crippen LogP contribution in [-0.4, -0.2) is 38.2 Å². The smallest absolute Gasteiger partial charge is 0.119 e. The van der Waals surface area contributed by atoms with E-state index in [-0.39, 0.29) is 0 Å². The van der Waals surface area contributed by atoms with Gasteiger partial charge in [-0.25, -0.2) is 0 Å². The number of benzene rings is 1. The van der Waals surface area contributed by atoms with Gasteiger partial charge in [-0.1, -0.05) is 26.0 Å². The maximum absolute atomic E-state index is 5.45. The van der Waals surface area contributed by atoms with Gasteiger partial charge in [0.2, 0.25) is 0 Å². The molecule has 1 rings (SSSR count). The molecular weight excluding hydrogens is 248 g/mol. The van der Waals surface area contributed by atoms with Gasteiger partial charge < -0.3 is 15.0 Å². The van der Waals surface area contributed by atoms with Crippen LogP contribution in [-0.2, 0) is 6.54 Å². The summed E-state index contributed by atoms with van der Waals surface area (Å²) in [4.78, 5) is 2.31. The van der Waals surface area contributed by atoms with Crippen LogP contribution in [0.3, 0.4) is 0 Å². The van der Waals surface area contributed by atoms with E-state index in [0.29, 0.717) is 6.04 Å². The summed E-state index contributed by atoms with van der Waals surface area (Å²) in [6.07, 6.45) is 1.23. The zero-order chi connectivity index (χ0) is 15.0. The van der Waals surface area contributed by atoms with E-state index in [1.165, 1.54) is 12.0 Å². The number of nitrogens with zero attached hydrogens (tertiary/aromatic N) is 1. The Labute approximate surface area is 124 Å². The molecular formula is C17H30N2O. The van der Waals surface area contributed by atoms with Crippen molar-refractivity contribution in [2.24, 2.45) is 5.92 Å². The molecule has 0 radical (unpaired) electrons. The lowest BCUT2D eigenvalue weighted by atomic mass is 10.0. The van der Waals surface area contributed by atoms with Crippen LogP contribution in [0.15, 0.2) is 24.3 Å². The number of nitrogens with one attached hydrogen (secondary N) is 1. The number of hydrogen-bond donors (Lipinski definition) is 1. The van der Waals surface area contributed by atoms with Gasteiger partial charge in [0.05, 0.1) is 6.61 Å². The summed E-state index contributed by atoms with van der Waals surface area (Å²) >= 11 is 0. The predicted octanol–water partition coefficient (Wildman–Crippen LogP) is 3.15. The Morgan fingerprint density at radius 2 is 1.80 bits per heavy atom. The van der Waals surface area contributed by atoms with Crippen LogP contribution in [0, 0.1) is 5.92 Å². The fourth-order valence-electron chi connectivity index (χ4n) is 2.27. The monoisotopic (exact) mass is 278 g/mol. The fourth-order valence-corrected chi connectivity index (χ4v) is 2.27. The highest BCUT2D eigenvalue weighted by molar-refractivity contribution is 5.27. The van der Waals surface area contributed by atoms with Crippen molar-refractivity contribution in [3.8, 4) is 5.75 Å². The Hall–Kier alpha value is -1.06. The maximum atomic E-state index is 5.45. The Morgan fingerprint density at radius 1 is 1.15 bits per heavy atom. The molecule has 1 aromatic rings. The zero-order valence-electron chi connectivity index (χ0n) is 13.6. The van der Waals surface area contributed by atoms with Crippen molar-refractivity contribution in [1.82, 2.24) is 10.2 Å².